The molecule has 1 amide bonds. The average Bonchev–Trinajstić information content (AvgIpc) is 3.29. The van der Waals surface area contributed by atoms with Gasteiger partial charge in [-0.05, 0) is 74.8 Å². The van der Waals surface area contributed by atoms with Crippen LogP contribution in [0, 0.1) is 11.7 Å². The predicted octanol–water partition coefficient (Wildman–Crippen LogP) is 3.76. The number of hydrogen-bond donors (Lipinski definition) is 3. The van der Waals surface area contributed by atoms with Crippen LogP contribution in [0.25, 0.3) is 0 Å². The number of benzene rings is 1. The fraction of sp³-hybridized carbons (Fsp3) is 0.480. The van der Waals surface area contributed by atoms with Crippen molar-refractivity contribution in [2.24, 2.45) is 5.92 Å². The fourth-order valence-electron chi connectivity index (χ4n) is 4.70. The Bertz CT molecular complexity index is 1050. The maximum atomic E-state index is 13.6. The second-order valence-electron chi connectivity index (χ2n) is 9.09. The van der Waals surface area contributed by atoms with Crippen LogP contribution in [0.2, 0.25) is 5.02 Å². The van der Waals surface area contributed by atoms with Crippen molar-refractivity contribution in [1.29, 1.82) is 0 Å². The number of halogens is 2. The highest BCUT2D eigenvalue weighted by Gasteiger charge is 2.27. The number of likely N-dealkylation sites (tertiary alicyclic amines) is 1. The number of carbonyl (C=O) groups excluding carboxylic acids is 1. The van der Waals surface area contributed by atoms with Crippen LogP contribution in [-0.2, 0) is 17.6 Å². The molecule has 1 aromatic heterocycles. The first-order valence-corrected chi connectivity index (χ1v) is 12.2. The number of aromatic nitrogens is 1. The van der Waals surface area contributed by atoms with Gasteiger partial charge in [-0.15, -0.1) is 0 Å². The summed E-state index contributed by atoms with van der Waals surface area (Å²) in [4.78, 5) is 31.2. The zero-order valence-corrected chi connectivity index (χ0v) is 19.8. The Morgan fingerprint density at radius 2 is 2.18 bits per heavy atom. The minimum Gasteiger partial charge on any atom is -0.480 e. The van der Waals surface area contributed by atoms with Crippen molar-refractivity contribution in [2.75, 3.05) is 31.5 Å². The van der Waals surface area contributed by atoms with Gasteiger partial charge in [-0.25, -0.2) is 14.2 Å². The summed E-state index contributed by atoms with van der Waals surface area (Å²) < 4.78 is 13.6. The molecule has 7 nitrogen and oxygen atoms in total. The minimum atomic E-state index is -1.12. The van der Waals surface area contributed by atoms with Crippen molar-refractivity contribution in [3.8, 4) is 0 Å². The Balaban J connectivity index is 1.24. The fourth-order valence-corrected chi connectivity index (χ4v) is 4.91. The molecule has 34 heavy (non-hydrogen) atoms. The van der Waals surface area contributed by atoms with Crippen molar-refractivity contribution in [3.05, 3.63) is 58.0 Å². The summed E-state index contributed by atoms with van der Waals surface area (Å²) in [6.45, 7) is 3.35. The van der Waals surface area contributed by atoms with Gasteiger partial charge in [0.15, 0.2) is 0 Å². The molecule has 0 saturated carbocycles. The first-order chi connectivity index (χ1) is 16.4. The molecule has 0 radical (unpaired) electrons. The number of anilines is 1. The summed E-state index contributed by atoms with van der Waals surface area (Å²) in [6, 6.07) is 7.13. The molecule has 1 saturated heterocycles. The monoisotopic (exact) mass is 488 g/mol. The van der Waals surface area contributed by atoms with E-state index in [-0.39, 0.29) is 17.0 Å². The van der Waals surface area contributed by atoms with Gasteiger partial charge in [-0.2, -0.15) is 0 Å². The van der Waals surface area contributed by atoms with Crippen molar-refractivity contribution < 1.29 is 19.1 Å². The van der Waals surface area contributed by atoms with Gasteiger partial charge in [0.1, 0.15) is 17.7 Å². The van der Waals surface area contributed by atoms with Crippen molar-refractivity contribution >= 4 is 29.3 Å². The molecule has 2 aliphatic rings. The highest BCUT2D eigenvalue weighted by molar-refractivity contribution is 6.34. The van der Waals surface area contributed by atoms with Gasteiger partial charge in [0.25, 0.3) is 5.91 Å². The van der Waals surface area contributed by atoms with E-state index in [1.54, 1.807) is 0 Å². The molecule has 1 unspecified atom stereocenters. The molecule has 9 heteroatoms. The normalized spacial score (nSPS) is 18.7. The lowest BCUT2D eigenvalue weighted by molar-refractivity contribution is -0.139. The molecule has 1 aromatic carbocycles. The van der Waals surface area contributed by atoms with Crippen molar-refractivity contribution in [3.63, 3.8) is 0 Å². The zero-order valence-electron chi connectivity index (χ0n) is 19.0. The Morgan fingerprint density at radius 3 is 3.00 bits per heavy atom. The van der Waals surface area contributed by atoms with E-state index >= 15 is 0 Å². The van der Waals surface area contributed by atoms with Gasteiger partial charge < -0.3 is 20.6 Å². The van der Waals surface area contributed by atoms with Gasteiger partial charge in [-0.3, -0.25) is 4.79 Å². The van der Waals surface area contributed by atoms with Crippen LogP contribution in [0.15, 0.2) is 30.3 Å². The molecule has 3 heterocycles. The molecular formula is C25H30ClFN4O3. The second kappa shape index (κ2) is 11.1. The molecule has 3 N–H and O–H groups in total. The maximum Gasteiger partial charge on any atom is 0.326 e. The van der Waals surface area contributed by atoms with E-state index in [0.717, 1.165) is 69.3 Å². The number of amides is 1. The molecule has 2 aliphatic heterocycles. The maximum absolute atomic E-state index is 13.6. The lowest BCUT2D eigenvalue weighted by Gasteiger charge is -2.20. The van der Waals surface area contributed by atoms with Crippen LogP contribution >= 0.6 is 11.6 Å². The molecule has 0 bridgehead atoms. The van der Waals surface area contributed by atoms with E-state index in [9.17, 15) is 19.1 Å². The van der Waals surface area contributed by atoms with Gasteiger partial charge in [0.05, 0.1) is 10.6 Å². The first-order valence-electron chi connectivity index (χ1n) is 11.8. The van der Waals surface area contributed by atoms with Gasteiger partial charge >= 0.3 is 5.97 Å². The molecule has 1 fully saturated rings. The Morgan fingerprint density at radius 1 is 1.32 bits per heavy atom. The second-order valence-corrected chi connectivity index (χ2v) is 9.47. The molecule has 4 rings (SSSR count). The third-order valence-corrected chi connectivity index (χ3v) is 7.05. The van der Waals surface area contributed by atoms with Crippen molar-refractivity contribution in [2.45, 2.75) is 44.6 Å². The molecule has 2 atom stereocenters. The smallest absolute Gasteiger partial charge is 0.326 e. The molecule has 0 aliphatic carbocycles. The Kier molecular flexibility index (Phi) is 8.00. The number of aryl methyl sites for hydroxylation is 2. The van der Waals surface area contributed by atoms with Gasteiger partial charge in [-0.1, -0.05) is 23.7 Å². The summed E-state index contributed by atoms with van der Waals surface area (Å²) in [5, 5.41) is 15.1. The summed E-state index contributed by atoms with van der Waals surface area (Å²) in [5.74, 6) is -0.967. The van der Waals surface area contributed by atoms with Crippen LogP contribution in [0.3, 0.4) is 0 Å². The van der Waals surface area contributed by atoms with E-state index in [4.69, 9.17) is 16.6 Å². The average molecular weight is 489 g/mol. The number of carboxylic acids is 1. The van der Waals surface area contributed by atoms with E-state index in [2.05, 4.69) is 27.7 Å². The number of carbonyl (C=O) groups is 2. The van der Waals surface area contributed by atoms with Crippen LogP contribution in [0.1, 0.15) is 47.3 Å². The third kappa shape index (κ3) is 6.04. The zero-order chi connectivity index (χ0) is 24.1. The molecular weight excluding hydrogens is 459 g/mol. The third-order valence-electron chi connectivity index (χ3n) is 6.66. The van der Waals surface area contributed by atoms with E-state index in [1.165, 1.54) is 17.7 Å². The highest BCUT2D eigenvalue weighted by atomic mass is 35.5. The van der Waals surface area contributed by atoms with E-state index in [0.29, 0.717) is 12.5 Å². The molecule has 0 spiro atoms. The molecule has 2 aromatic rings. The Hall–Kier alpha value is -2.71. The summed E-state index contributed by atoms with van der Waals surface area (Å²) in [6.07, 6.45) is 5.53. The predicted molar refractivity (Wildman–Crippen MR) is 129 cm³/mol. The van der Waals surface area contributed by atoms with E-state index < -0.39 is 23.7 Å². The summed E-state index contributed by atoms with van der Waals surface area (Å²) >= 11 is 5.86. The lowest BCUT2D eigenvalue weighted by atomic mass is 10.00. The first kappa shape index (κ1) is 24.4. The number of hydrogen-bond acceptors (Lipinski definition) is 5. The van der Waals surface area contributed by atoms with Gasteiger partial charge in [0, 0.05) is 25.3 Å². The number of fused-ring (bicyclic) bond motifs is 1. The number of carboxylic acid groups (broad SMARTS) is 1. The topological polar surface area (TPSA) is 94.6 Å². The van der Waals surface area contributed by atoms with Crippen LogP contribution < -0.4 is 10.6 Å². The number of aliphatic carboxylic acids is 1. The van der Waals surface area contributed by atoms with Crippen LogP contribution in [0.5, 0.6) is 0 Å². The number of nitrogens with zero attached hydrogens (tertiary/aromatic N) is 2. The van der Waals surface area contributed by atoms with Gasteiger partial charge in [0.2, 0.25) is 0 Å². The number of nitrogens with one attached hydrogen (secondary N) is 2. The number of pyridine rings is 1. The quantitative estimate of drug-likeness (QED) is 0.497. The summed E-state index contributed by atoms with van der Waals surface area (Å²) in [5.41, 5.74) is 2.33. The number of rotatable bonds is 9. The lowest BCUT2D eigenvalue weighted by Crippen LogP contribution is -2.43. The van der Waals surface area contributed by atoms with E-state index in [1.807, 2.05) is 0 Å². The molecule has 182 valence electrons. The Labute approximate surface area is 203 Å². The SMILES string of the molecule is O=C(NC(CCN1CC[C@@H](CCc2ccc3c(n2)NCCC3)C1)C(=O)O)c1cccc(F)c1Cl. The standard InChI is InChI=1S/C25H30ClFN4O3/c26-22-19(4-1-5-20(22)27)24(32)30-21(25(33)34)11-14-31-13-10-16(15-31)6-8-18-9-7-17-3-2-12-28-23(17)29-18/h1,4-5,7,9,16,21H,2-3,6,8,10-15H2,(H,28,29)(H,30,32)(H,33,34)/t16-,21?/m1/s1. The summed E-state index contributed by atoms with van der Waals surface area (Å²) in [7, 11) is 0. The largest absolute Gasteiger partial charge is 0.480 e. The minimum absolute atomic E-state index is 0.0693. The van der Waals surface area contributed by atoms with Crippen molar-refractivity contribution in [1.82, 2.24) is 15.2 Å². The highest BCUT2D eigenvalue weighted by Crippen LogP contribution is 2.24. The van der Waals surface area contributed by atoms with Crippen LogP contribution in [-0.4, -0.2) is 59.1 Å². The van der Waals surface area contributed by atoms with Crippen LogP contribution in [0.4, 0.5) is 10.2 Å².